The van der Waals surface area contributed by atoms with Crippen LogP contribution in [0.5, 0.6) is 0 Å². The molecule has 76 valence electrons. The Morgan fingerprint density at radius 2 is 2.20 bits per heavy atom. The van der Waals surface area contributed by atoms with Gasteiger partial charge in [0.05, 0.1) is 23.9 Å². The molecule has 0 bridgehead atoms. The molecule has 0 amide bonds. The van der Waals surface area contributed by atoms with E-state index in [1.54, 1.807) is 18.2 Å². The van der Waals surface area contributed by atoms with Gasteiger partial charge < -0.3 is 10.2 Å². The third-order valence-electron chi connectivity index (χ3n) is 1.94. The molecule has 2 rings (SSSR count). The number of hydrogen-bond donors (Lipinski definition) is 2. The Bertz CT molecular complexity index is 493. The Hall–Kier alpha value is -1.81. The fourth-order valence-corrected chi connectivity index (χ4v) is 1.34. The Labute approximate surface area is 91.2 Å². The zero-order chi connectivity index (χ0) is 10.8. The van der Waals surface area contributed by atoms with E-state index in [0.717, 1.165) is 0 Å². The number of rotatable bonds is 2. The number of anilines is 1. The van der Waals surface area contributed by atoms with Gasteiger partial charge in [0.2, 0.25) is 0 Å². The molecule has 0 radical (unpaired) electrons. The second-order valence-electron chi connectivity index (χ2n) is 2.96. The van der Waals surface area contributed by atoms with Crippen molar-refractivity contribution in [2.24, 2.45) is 0 Å². The van der Waals surface area contributed by atoms with Crippen molar-refractivity contribution in [2.45, 2.75) is 0 Å². The summed E-state index contributed by atoms with van der Waals surface area (Å²) in [6.45, 7) is 0. The largest absolute Gasteiger partial charge is 0.472 e. The van der Waals surface area contributed by atoms with E-state index in [4.69, 9.17) is 27.2 Å². The molecule has 2 heterocycles. The van der Waals surface area contributed by atoms with Crippen LogP contribution in [0.2, 0.25) is 5.15 Å². The number of halogens is 1. The van der Waals surface area contributed by atoms with Crippen LogP contribution in [-0.2, 0) is 0 Å². The van der Waals surface area contributed by atoms with Crippen LogP contribution in [0.15, 0.2) is 35.1 Å². The standard InChI is InChI=1S/C10H8ClN3O/c11-8-2-1-7(12)10(14-8)9(13)6-3-4-15-5-6/h1-5,13H,12H2. The lowest BCUT2D eigenvalue weighted by molar-refractivity contribution is 0.567. The Balaban J connectivity index is 2.46. The molecule has 3 N–H and O–H groups in total. The van der Waals surface area contributed by atoms with Gasteiger partial charge in [0.1, 0.15) is 10.8 Å². The minimum atomic E-state index is 0.198. The first-order valence-corrected chi connectivity index (χ1v) is 4.60. The van der Waals surface area contributed by atoms with Crippen molar-refractivity contribution in [1.82, 2.24) is 4.98 Å². The first kappa shape index (κ1) is 9.73. The molecule has 0 spiro atoms. The first-order valence-electron chi connectivity index (χ1n) is 4.22. The summed E-state index contributed by atoms with van der Waals surface area (Å²) >= 11 is 5.74. The lowest BCUT2D eigenvalue weighted by Gasteiger charge is -2.04. The third-order valence-corrected chi connectivity index (χ3v) is 2.15. The molecule has 4 nitrogen and oxygen atoms in total. The number of nitrogen functional groups attached to an aromatic ring is 1. The predicted molar refractivity (Wildman–Crippen MR) is 58.3 cm³/mol. The molecule has 2 aromatic heterocycles. The van der Waals surface area contributed by atoms with E-state index in [1.807, 2.05) is 0 Å². The van der Waals surface area contributed by atoms with Crippen molar-refractivity contribution < 1.29 is 4.42 Å². The van der Waals surface area contributed by atoms with E-state index in [0.29, 0.717) is 22.1 Å². The van der Waals surface area contributed by atoms with Crippen LogP contribution in [0.4, 0.5) is 5.69 Å². The van der Waals surface area contributed by atoms with Crippen molar-refractivity contribution >= 4 is 23.0 Å². The lowest BCUT2D eigenvalue weighted by atomic mass is 10.1. The van der Waals surface area contributed by atoms with Gasteiger partial charge in [0.15, 0.2) is 0 Å². The predicted octanol–water partition coefficient (Wildman–Crippen LogP) is 2.33. The second-order valence-corrected chi connectivity index (χ2v) is 3.35. The van der Waals surface area contributed by atoms with E-state index in [1.165, 1.54) is 12.5 Å². The molecule has 0 unspecified atom stereocenters. The second kappa shape index (κ2) is 3.74. The number of nitrogens with one attached hydrogen (secondary N) is 1. The van der Waals surface area contributed by atoms with Crippen molar-refractivity contribution in [1.29, 1.82) is 5.41 Å². The molecular formula is C10H8ClN3O. The fourth-order valence-electron chi connectivity index (χ4n) is 1.19. The van der Waals surface area contributed by atoms with Gasteiger partial charge in [0.25, 0.3) is 0 Å². The Morgan fingerprint density at radius 3 is 2.87 bits per heavy atom. The minimum absolute atomic E-state index is 0.198. The molecule has 5 heteroatoms. The Morgan fingerprint density at radius 1 is 1.40 bits per heavy atom. The van der Waals surface area contributed by atoms with Gasteiger partial charge in [-0.15, -0.1) is 0 Å². The van der Waals surface area contributed by atoms with E-state index in [9.17, 15) is 0 Å². The van der Waals surface area contributed by atoms with Crippen LogP contribution < -0.4 is 5.73 Å². The first-order chi connectivity index (χ1) is 7.18. The maximum absolute atomic E-state index is 7.86. The number of nitrogens with zero attached hydrogens (tertiary/aromatic N) is 1. The molecule has 15 heavy (non-hydrogen) atoms. The summed E-state index contributed by atoms with van der Waals surface area (Å²) < 4.78 is 4.88. The van der Waals surface area contributed by atoms with E-state index in [2.05, 4.69) is 4.98 Å². The topological polar surface area (TPSA) is 75.9 Å². The fraction of sp³-hybridized carbons (Fsp3) is 0. The molecule has 0 aliphatic heterocycles. The number of aromatic nitrogens is 1. The maximum Gasteiger partial charge on any atom is 0.130 e. The third kappa shape index (κ3) is 1.85. The van der Waals surface area contributed by atoms with Gasteiger partial charge in [-0.1, -0.05) is 11.6 Å². The van der Waals surface area contributed by atoms with E-state index in [-0.39, 0.29) is 5.71 Å². The average Bonchev–Trinajstić information content (AvgIpc) is 2.74. The van der Waals surface area contributed by atoms with Gasteiger partial charge in [-0.05, 0) is 18.2 Å². The summed E-state index contributed by atoms with van der Waals surface area (Å²) in [6.07, 6.45) is 2.95. The summed E-state index contributed by atoms with van der Waals surface area (Å²) in [7, 11) is 0. The molecule has 2 aromatic rings. The van der Waals surface area contributed by atoms with Crippen molar-refractivity contribution in [2.75, 3.05) is 5.73 Å². The molecule has 0 fully saturated rings. The number of nitrogens with two attached hydrogens (primary N) is 1. The zero-order valence-corrected chi connectivity index (χ0v) is 8.45. The molecule has 0 aliphatic rings. The van der Waals surface area contributed by atoms with Crippen molar-refractivity contribution in [3.63, 3.8) is 0 Å². The van der Waals surface area contributed by atoms with Gasteiger partial charge in [-0.25, -0.2) is 4.98 Å². The van der Waals surface area contributed by atoms with Gasteiger partial charge >= 0.3 is 0 Å². The molecule has 0 atom stereocenters. The summed E-state index contributed by atoms with van der Waals surface area (Å²) in [6, 6.07) is 4.88. The molecular weight excluding hydrogens is 214 g/mol. The molecule has 0 aromatic carbocycles. The van der Waals surface area contributed by atoms with Crippen LogP contribution in [0.25, 0.3) is 0 Å². The highest BCUT2D eigenvalue weighted by molar-refractivity contribution is 6.29. The highest BCUT2D eigenvalue weighted by Gasteiger charge is 2.11. The van der Waals surface area contributed by atoms with Crippen LogP contribution >= 0.6 is 11.6 Å². The van der Waals surface area contributed by atoms with E-state index < -0.39 is 0 Å². The highest BCUT2D eigenvalue weighted by Crippen LogP contribution is 2.17. The lowest BCUT2D eigenvalue weighted by Crippen LogP contribution is -2.07. The summed E-state index contributed by atoms with van der Waals surface area (Å²) in [4.78, 5) is 4.00. The van der Waals surface area contributed by atoms with Crippen molar-refractivity contribution in [3.05, 3.63) is 47.1 Å². The van der Waals surface area contributed by atoms with Crippen LogP contribution in [0, 0.1) is 5.41 Å². The monoisotopic (exact) mass is 221 g/mol. The minimum Gasteiger partial charge on any atom is -0.472 e. The number of furan rings is 1. The van der Waals surface area contributed by atoms with E-state index >= 15 is 0 Å². The summed E-state index contributed by atoms with van der Waals surface area (Å²) in [5.74, 6) is 0. The van der Waals surface area contributed by atoms with Crippen molar-refractivity contribution in [3.8, 4) is 0 Å². The smallest absolute Gasteiger partial charge is 0.130 e. The summed E-state index contributed by atoms with van der Waals surface area (Å²) in [5.41, 5.74) is 7.31. The number of pyridine rings is 1. The molecule has 0 saturated carbocycles. The molecule has 0 saturated heterocycles. The van der Waals surface area contributed by atoms with Crippen LogP contribution in [0.1, 0.15) is 11.3 Å². The molecule has 0 aliphatic carbocycles. The van der Waals surface area contributed by atoms with Gasteiger partial charge in [0, 0.05) is 5.56 Å². The average molecular weight is 222 g/mol. The van der Waals surface area contributed by atoms with Gasteiger partial charge in [-0.3, -0.25) is 5.41 Å². The maximum atomic E-state index is 7.86. The summed E-state index contributed by atoms with van der Waals surface area (Å²) in [5, 5.41) is 8.18. The normalized spacial score (nSPS) is 10.2. The Kier molecular flexibility index (Phi) is 2.43. The van der Waals surface area contributed by atoms with Crippen LogP contribution in [-0.4, -0.2) is 10.7 Å². The highest BCUT2D eigenvalue weighted by atomic mass is 35.5. The van der Waals surface area contributed by atoms with Gasteiger partial charge in [-0.2, -0.15) is 0 Å². The van der Waals surface area contributed by atoms with Crippen LogP contribution in [0.3, 0.4) is 0 Å². The number of hydrogen-bond acceptors (Lipinski definition) is 4. The zero-order valence-electron chi connectivity index (χ0n) is 7.70. The quantitative estimate of drug-likeness (QED) is 0.604. The SMILES string of the molecule is N=C(c1ccoc1)c1nc(Cl)ccc1N.